The molecule has 0 spiro atoms. The van der Waals surface area contributed by atoms with Gasteiger partial charge >= 0.3 is 6.03 Å². The zero-order valence-electron chi connectivity index (χ0n) is 28.8. The number of carbonyl (C=O) groups excluding carboxylic acids is 2. The van der Waals surface area contributed by atoms with Crippen molar-refractivity contribution in [2.75, 3.05) is 50.5 Å². The Hall–Kier alpha value is -4.33. The Morgan fingerprint density at radius 2 is 1.78 bits per heavy atom. The van der Waals surface area contributed by atoms with E-state index >= 15 is 0 Å². The van der Waals surface area contributed by atoms with Crippen LogP contribution in [0.25, 0.3) is 0 Å². The van der Waals surface area contributed by atoms with Gasteiger partial charge in [-0.2, -0.15) is 0 Å². The Balaban J connectivity index is 1.63. The van der Waals surface area contributed by atoms with E-state index in [1.807, 2.05) is 44.2 Å². The Labute approximate surface area is 289 Å². The van der Waals surface area contributed by atoms with Crippen LogP contribution in [0.5, 0.6) is 11.5 Å². The predicted molar refractivity (Wildman–Crippen MR) is 189 cm³/mol. The maximum atomic E-state index is 14.4. The van der Waals surface area contributed by atoms with Gasteiger partial charge in [0.05, 0.1) is 42.4 Å². The van der Waals surface area contributed by atoms with Crippen LogP contribution in [0.3, 0.4) is 0 Å². The number of hydrogen-bond donors (Lipinski definition) is 3. The number of amides is 3. The molecule has 12 nitrogen and oxygen atoms in total. The number of fused-ring (bicyclic) bond motifs is 1. The fourth-order valence-corrected chi connectivity index (χ4v) is 6.56. The third-order valence-corrected chi connectivity index (χ3v) is 9.90. The van der Waals surface area contributed by atoms with Crippen LogP contribution in [0.2, 0.25) is 0 Å². The highest BCUT2D eigenvalue weighted by Crippen LogP contribution is 2.30. The van der Waals surface area contributed by atoms with Crippen LogP contribution in [0.1, 0.15) is 50.4 Å². The number of para-hydroxylation sites is 1. The number of rotatable bonds is 9. The molecule has 3 aromatic rings. The van der Waals surface area contributed by atoms with Crippen molar-refractivity contribution in [3.63, 3.8) is 0 Å². The molecule has 4 rings (SSSR count). The minimum Gasteiger partial charge on any atom is -0.497 e. The average molecular weight is 697 g/mol. The number of methoxy groups -OCH3 is 1. The Kier molecular flexibility index (Phi) is 13.3. The lowest BCUT2D eigenvalue weighted by Gasteiger charge is -2.35. The largest absolute Gasteiger partial charge is 0.497 e. The van der Waals surface area contributed by atoms with Gasteiger partial charge in [0.15, 0.2) is 0 Å². The third kappa shape index (κ3) is 10.3. The number of sulfonamides is 1. The number of nitrogens with zero attached hydrogens (tertiary/aromatic N) is 2. The monoisotopic (exact) mass is 696 g/mol. The van der Waals surface area contributed by atoms with E-state index in [4.69, 9.17) is 14.2 Å². The molecule has 0 radical (unpaired) electrons. The van der Waals surface area contributed by atoms with Crippen molar-refractivity contribution in [1.29, 1.82) is 0 Å². The molecule has 0 unspecified atom stereocenters. The van der Waals surface area contributed by atoms with E-state index in [1.165, 1.54) is 25.3 Å². The molecule has 0 saturated heterocycles. The topological polar surface area (TPSA) is 147 Å². The van der Waals surface area contributed by atoms with Crippen LogP contribution in [0.4, 0.5) is 16.2 Å². The molecule has 4 atom stereocenters. The maximum Gasteiger partial charge on any atom is 0.321 e. The van der Waals surface area contributed by atoms with Crippen molar-refractivity contribution in [2.24, 2.45) is 5.92 Å². The molecule has 0 saturated carbocycles. The summed E-state index contributed by atoms with van der Waals surface area (Å²) in [6.45, 7) is 6.22. The van der Waals surface area contributed by atoms with Gasteiger partial charge in [0.25, 0.3) is 15.9 Å². The first-order valence-electron chi connectivity index (χ1n) is 16.5. The number of aliphatic hydroxyl groups is 1. The van der Waals surface area contributed by atoms with Gasteiger partial charge in [0.1, 0.15) is 11.5 Å². The molecule has 3 amide bonds. The first kappa shape index (κ1) is 37.5. The van der Waals surface area contributed by atoms with Gasteiger partial charge in [-0.1, -0.05) is 25.1 Å². The molecular weight excluding hydrogens is 648 g/mol. The minimum absolute atomic E-state index is 0.0300. The van der Waals surface area contributed by atoms with Gasteiger partial charge in [0, 0.05) is 44.0 Å². The van der Waals surface area contributed by atoms with Crippen molar-refractivity contribution in [3.05, 3.63) is 78.4 Å². The van der Waals surface area contributed by atoms with Gasteiger partial charge in [-0.3, -0.25) is 9.52 Å². The van der Waals surface area contributed by atoms with Crippen LogP contribution in [0.15, 0.2) is 77.7 Å². The number of likely N-dealkylation sites (N-methyl/N-ethyl adjacent to an activating group) is 1. The number of carbonyl (C=O) groups is 2. The molecule has 1 aliphatic heterocycles. The number of urea groups is 1. The second kappa shape index (κ2) is 17.4. The number of anilines is 2. The van der Waals surface area contributed by atoms with Crippen molar-refractivity contribution < 1.29 is 37.3 Å². The number of ether oxygens (including phenoxy) is 3. The molecule has 3 aromatic carbocycles. The average Bonchev–Trinajstić information content (AvgIpc) is 3.09. The van der Waals surface area contributed by atoms with E-state index in [9.17, 15) is 23.1 Å². The van der Waals surface area contributed by atoms with Crippen LogP contribution < -0.4 is 19.5 Å². The summed E-state index contributed by atoms with van der Waals surface area (Å²) in [5.74, 6) is 0.138. The zero-order valence-corrected chi connectivity index (χ0v) is 29.6. The first-order chi connectivity index (χ1) is 23.4. The molecule has 0 bridgehead atoms. The molecule has 1 heterocycles. The van der Waals surface area contributed by atoms with E-state index in [-0.39, 0.29) is 53.9 Å². The molecule has 0 fully saturated rings. The highest BCUT2D eigenvalue weighted by atomic mass is 32.2. The quantitative estimate of drug-likeness (QED) is 0.268. The summed E-state index contributed by atoms with van der Waals surface area (Å²) in [6.07, 6.45) is 1.60. The molecule has 0 aromatic heterocycles. The highest BCUT2D eigenvalue weighted by molar-refractivity contribution is 7.92. The van der Waals surface area contributed by atoms with Crippen molar-refractivity contribution in [2.45, 2.75) is 63.2 Å². The predicted octanol–water partition coefficient (Wildman–Crippen LogP) is 5.46. The van der Waals surface area contributed by atoms with Gasteiger partial charge in [-0.05, 0) is 87.7 Å². The summed E-state index contributed by atoms with van der Waals surface area (Å²) in [4.78, 5) is 30.6. The molecule has 1 aliphatic rings. The molecule has 13 heteroatoms. The van der Waals surface area contributed by atoms with E-state index in [2.05, 4.69) is 10.0 Å². The number of hydrogen-bond acceptors (Lipinski definition) is 8. The summed E-state index contributed by atoms with van der Waals surface area (Å²) in [7, 11) is -0.803. The van der Waals surface area contributed by atoms with E-state index < -0.39 is 28.1 Å². The lowest BCUT2D eigenvalue weighted by atomic mass is 10.0. The van der Waals surface area contributed by atoms with Crippen LogP contribution in [-0.4, -0.2) is 94.0 Å². The molecule has 0 aliphatic carbocycles. The fourth-order valence-electron chi connectivity index (χ4n) is 5.51. The second-order valence-corrected chi connectivity index (χ2v) is 14.2. The smallest absolute Gasteiger partial charge is 0.321 e. The Morgan fingerprint density at radius 1 is 1.06 bits per heavy atom. The summed E-state index contributed by atoms with van der Waals surface area (Å²) < 4.78 is 46.8. The van der Waals surface area contributed by atoms with Crippen molar-refractivity contribution >= 4 is 33.3 Å². The lowest BCUT2D eigenvalue weighted by molar-refractivity contribution is -0.0115. The molecule has 3 N–H and O–H groups in total. The SMILES string of the molecule is COc1ccc(S(=O)(=O)Nc2ccc3c(c2)C(=O)N([C@H](C)CO)C[C@H](C)[C@@H](CN(C)C(=O)Nc2ccccc2)OCCCC[C@H](C)O3)cc1. The van der Waals surface area contributed by atoms with Crippen molar-refractivity contribution in [1.82, 2.24) is 9.80 Å². The normalized spacial score (nSPS) is 19.8. The number of nitrogens with one attached hydrogen (secondary N) is 2. The van der Waals surface area contributed by atoms with Gasteiger partial charge < -0.3 is 34.4 Å². The molecular formula is C36H48N4O8S. The summed E-state index contributed by atoms with van der Waals surface area (Å²) >= 11 is 0. The second-order valence-electron chi connectivity index (χ2n) is 12.5. The number of aliphatic hydroxyl groups excluding tert-OH is 1. The number of benzene rings is 3. The van der Waals surface area contributed by atoms with Gasteiger partial charge in [-0.25, -0.2) is 13.2 Å². The Morgan fingerprint density at radius 3 is 2.45 bits per heavy atom. The third-order valence-electron chi connectivity index (χ3n) is 8.50. The molecule has 49 heavy (non-hydrogen) atoms. The summed E-state index contributed by atoms with van der Waals surface area (Å²) in [5.41, 5.74) is 1.01. The van der Waals surface area contributed by atoms with Crippen LogP contribution in [-0.2, 0) is 14.8 Å². The standard InChI is InChI=1S/C36H48N4O8S/c1-25-22-40(26(2)24-41)35(42)32-21-29(38-49(44,45)31-17-15-30(46-5)16-18-31)14-19-33(32)48-27(3)11-9-10-20-47-34(25)23-39(4)36(43)37-28-12-7-6-8-13-28/h6-8,12-19,21,25-27,34,38,41H,9-11,20,22-24H2,1-5H3,(H,37,43)/t25-,26+,27-,34+/m0/s1. The van der Waals surface area contributed by atoms with Crippen molar-refractivity contribution in [3.8, 4) is 11.5 Å². The lowest BCUT2D eigenvalue weighted by Crippen LogP contribution is -2.48. The maximum absolute atomic E-state index is 14.4. The summed E-state index contributed by atoms with van der Waals surface area (Å²) in [5, 5.41) is 13.1. The fraction of sp³-hybridized carbons (Fsp3) is 0.444. The van der Waals surface area contributed by atoms with Crippen LogP contribution in [0, 0.1) is 5.92 Å². The van der Waals surface area contributed by atoms with Crippen LogP contribution >= 0.6 is 0 Å². The van der Waals surface area contributed by atoms with E-state index in [0.717, 1.165) is 12.8 Å². The van der Waals surface area contributed by atoms with Gasteiger partial charge in [-0.15, -0.1) is 0 Å². The molecule has 266 valence electrons. The first-order valence-corrected chi connectivity index (χ1v) is 18.0. The summed E-state index contributed by atoms with van der Waals surface area (Å²) in [6, 6.07) is 18.9. The Bertz CT molecular complexity index is 1640. The van der Waals surface area contributed by atoms with Gasteiger partial charge in [0.2, 0.25) is 0 Å². The zero-order chi connectivity index (χ0) is 35.6. The minimum atomic E-state index is -4.00. The van der Waals surface area contributed by atoms with E-state index in [0.29, 0.717) is 30.2 Å². The van der Waals surface area contributed by atoms with E-state index in [1.54, 1.807) is 48.0 Å². The highest BCUT2D eigenvalue weighted by Gasteiger charge is 2.31.